The lowest BCUT2D eigenvalue weighted by Crippen LogP contribution is -2.45. The predicted molar refractivity (Wildman–Crippen MR) is 82.3 cm³/mol. The minimum Gasteiger partial charge on any atom is -0.772 e. The summed E-state index contributed by atoms with van der Waals surface area (Å²) in [6, 6.07) is 0.500. The van der Waals surface area contributed by atoms with Gasteiger partial charge in [0.2, 0.25) is 0 Å². The van der Waals surface area contributed by atoms with Crippen LogP contribution in [-0.2, 0) is 11.1 Å². The van der Waals surface area contributed by atoms with Gasteiger partial charge < -0.3 is 9.66 Å². The van der Waals surface area contributed by atoms with Crippen molar-refractivity contribution in [3.63, 3.8) is 0 Å². The summed E-state index contributed by atoms with van der Waals surface area (Å²) < 4.78 is 21.3. The highest BCUT2D eigenvalue weighted by Gasteiger charge is 2.25. The third-order valence-electron chi connectivity index (χ3n) is 4.29. The number of hydrogen-bond donors (Lipinski definition) is 1. The number of nitrogens with zero attached hydrogens (tertiary/aromatic N) is 1. The van der Waals surface area contributed by atoms with Crippen LogP contribution in [0.5, 0.6) is 0 Å². The van der Waals surface area contributed by atoms with E-state index in [9.17, 15) is 13.9 Å². The molecule has 1 aliphatic rings. The number of piperidine rings is 1. The van der Waals surface area contributed by atoms with Gasteiger partial charge in [-0.3, -0.25) is 9.11 Å². The average Bonchev–Trinajstić information content (AvgIpc) is 2.41. The zero-order chi connectivity index (χ0) is 15.0. The highest BCUT2D eigenvalue weighted by Crippen LogP contribution is 2.23. The topological polar surface area (TPSA) is 63.6 Å². The van der Waals surface area contributed by atoms with Gasteiger partial charge in [0, 0.05) is 18.3 Å². The summed E-state index contributed by atoms with van der Waals surface area (Å²) in [7, 11) is 0. The van der Waals surface area contributed by atoms with E-state index in [1.54, 1.807) is 0 Å². The predicted octanol–water partition coefficient (Wildman–Crippen LogP) is 2.30. The van der Waals surface area contributed by atoms with Crippen molar-refractivity contribution in [3.8, 4) is 0 Å². The Hall–Kier alpha value is 0.0300. The van der Waals surface area contributed by atoms with Crippen LogP contribution in [0.2, 0.25) is 0 Å². The molecule has 5 heteroatoms. The van der Waals surface area contributed by atoms with Crippen LogP contribution in [0.4, 0.5) is 0 Å². The van der Waals surface area contributed by atoms with Crippen molar-refractivity contribution in [2.24, 2.45) is 5.92 Å². The third kappa shape index (κ3) is 7.16. The SMILES string of the molecule is CCCCC(CC(C)CCS(=O)[O-])N1CCCC(O)C1. The largest absolute Gasteiger partial charge is 0.772 e. The fraction of sp³-hybridized carbons (Fsp3) is 1.00. The van der Waals surface area contributed by atoms with Crippen LogP contribution in [0.3, 0.4) is 0 Å². The molecule has 20 heavy (non-hydrogen) atoms. The van der Waals surface area contributed by atoms with Gasteiger partial charge in [-0.2, -0.15) is 0 Å². The van der Waals surface area contributed by atoms with E-state index < -0.39 is 11.1 Å². The first kappa shape index (κ1) is 18.1. The number of unbranched alkanes of at least 4 members (excludes halogenated alkanes) is 1. The van der Waals surface area contributed by atoms with Crippen LogP contribution in [-0.4, -0.2) is 49.8 Å². The Morgan fingerprint density at radius 3 is 2.80 bits per heavy atom. The molecule has 0 aromatic carbocycles. The molecule has 4 atom stereocenters. The zero-order valence-corrected chi connectivity index (χ0v) is 13.7. The second-order valence-corrected chi connectivity index (χ2v) is 7.24. The lowest BCUT2D eigenvalue weighted by Gasteiger charge is -2.38. The van der Waals surface area contributed by atoms with E-state index in [1.165, 1.54) is 12.8 Å². The number of aliphatic hydroxyl groups excluding tert-OH is 1. The summed E-state index contributed by atoms with van der Waals surface area (Å²) in [5, 5.41) is 9.84. The molecule has 120 valence electrons. The molecule has 0 amide bonds. The summed E-state index contributed by atoms with van der Waals surface area (Å²) in [6.45, 7) is 6.21. The molecule has 1 rings (SSSR count). The normalized spacial score (nSPS) is 25.3. The first-order valence-corrected chi connectivity index (χ1v) is 9.25. The van der Waals surface area contributed by atoms with Crippen molar-refractivity contribution in [3.05, 3.63) is 0 Å². The van der Waals surface area contributed by atoms with Gasteiger partial charge in [-0.25, -0.2) is 0 Å². The van der Waals surface area contributed by atoms with E-state index in [0.29, 0.717) is 12.0 Å². The molecule has 0 aromatic heterocycles. The molecule has 1 N–H and O–H groups in total. The van der Waals surface area contributed by atoms with Gasteiger partial charge >= 0.3 is 0 Å². The van der Waals surface area contributed by atoms with Crippen molar-refractivity contribution in [1.82, 2.24) is 4.90 Å². The van der Waals surface area contributed by atoms with Crippen molar-refractivity contribution >= 4 is 11.1 Å². The average molecular weight is 304 g/mol. The molecule has 0 bridgehead atoms. The molecule has 1 saturated heterocycles. The van der Waals surface area contributed by atoms with Crippen LogP contribution >= 0.6 is 0 Å². The van der Waals surface area contributed by atoms with Gasteiger partial charge in [0.25, 0.3) is 0 Å². The van der Waals surface area contributed by atoms with Crippen molar-refractivity contribution < 1.29 is 13.9 Å². The highest BCUT2D eigenvalue weighted by molar-refractivity contribution is 7.79. The van der Waals surface area contributed by atoms with Crippen LogP contribution in [0.15, 0.2) is 0 Å². The number of rotatable bonds is 9. The maximum Gasteiger partial charge on any atom is 0.0667 e. The Balaban J connectivity index is 2.47. The molecule has 4 nitrogen and oxygen atoms in total. The molecule has 0 aliphatic carbocycles. The van der Waals surface area contributed by atoms with Gasteiger partial charge in [0.1, 0.15) is 0 Å². The van der Waals surface area contributed by atoms with Crippen LogP contribution in [0.25, 0.3) is 0 Å². The maximum absolute atomic E-state index is 10.7. The summed E-state index contributed by atoms with van der Waals surface area (Å²) >= 11 is -1.92. The monoisotopic (exact) mass is 304 g/mol. The molecule has 0 radical (unpaired) electrons. The van der Waals surface area contributed by atoms with E-state index in [0.717, 1.165) is 45.2 Å². The van der Waals surface area contributed by atoms with Crippen molar-refractivity contribution in [2.75, 3.05) is 18.8 Å². The fourth-order valence-electron chi connectivity index (χ4n) is 3.08. The van der Waals surface area contributed by atoms with Gasteiger partial charge in [0.05, 0.1) is 6.10 Å². The van der Waals surface area contributed by atoms with Crippen LogP contribution < -0.4 is 0 Å². The van der Waals surface area contributed by atoms with Crippen molar-refractivity contribution in [2.45, 2.75) is 70.9 Å². The summed E-state index contributed by atoms with van der Waals surface area (Å²) in [4.78, 5) is 2.43. The second kappa shape index (κ2) is 9.87. The Kier molecular flexibility index (Phi) is 8.93. The molecule has 0 spiro atoms. The lowest BCUT2D eigenvalue weighted by atomic mass is 9.93. The summed E-state index contributed by atoms with van der Waals surface area (Å²) in [5.41, 5.74) is 0. The van der Waals surface area contributed by atoms with Gasteiger partial charge in [-0.15, -0.1) is 0 Å². The first-order valence-electron chi connectivity index (χ1n) is 8.00. The molecule has 0 saturated carbocycles. The molecule has 1 fully saturated rings. The fourth-order valence-corrected chi connectivity index (χ4v) is 3.68. The van der Waals surface area contributed by atoms with E-state index in [1.807, 2.05) is 0 Å². The molecule has 4 unspecified atom stereocenters. The minimum absolute atomic E-state index is 0.183. The Morgan fingerprint density at radius 2 is 2.20 bits per heavy atom. The Bertz CT molecular complexity index is 288. The van der Waals surface area contributed by atoms with Crippen LogP contribution in [0, 0.1) is 5.92 Å². The molecular weight excluding hydrogens is 274 g/mol. The minimum atomic E-state index is -1.92. The lowest BCUT2D eigenvalue weighted by molar-refractivity contribution is 0.0369. The number of likely N-dealkylation sites (tertiary alicyclic amines) is 1. The Morgan fingerprint density at radius 1 is 1.45 bits per heavy atom. The molecular formula is C15H30NO3S-. The van der Waals surface area contributed by atoms with Gasteiger partial charge in [-0.05, 0) is 44.6 Å². The highest BCUT2D eigenvalue weighted by atomic mass is 32.2. The smallest absolute Gasteiger partial charge is 0.0667 e. The van der Waals surface area contributed by atoms with E-state index >= 15 is 0 Å². The number of β-amino-alcohol motifs (C(OH)–C–C–N with tert-alkyl or cyclic N) is 1. The zero-order valence-electron chi connectivity index (χ0n) is 12.9. The van der Waals surface area contributed by atoms with Gasteiger partial charge in [0.15, 0.2) is 0 Å². The van der Waals surface area contributed by atoms with E-state index in [-0.39, 0.29) is 11.9 Å². The molecule has 1 aliphatic heterocycles. The molecule has 1 heterocycles. The first-order chi connectivity index (χ1) is 9.52. The van der Waals surface area contributed by atoms with Crippen LogP contribution in [0.1, 0.15) is 58.8 Å². The van der Waals surface area contributed by atoms with Gasteiger partial charge in [-0.1, -0.05) is 37.8 Å². The standard InChI is InChI=1S/C15H31NO3S/c1-3-4-6-14(11-13(2)8-10-20(18)19)16-9-5-7-15(17)12-16/h13-15,17H,3-12H2,1-2H3,(H,18,19)/p-1. The second-order valence-electron chi connectivity index (χ2n) is 6.22. The number of aliphatic hydroxyl groups is 1. The third-order valence-corrected chi connectivity index (χ3v) is 4.86. The van der Waals surface area contributed by atoms with Crippen molar-refractivity contribution in [1.29, 1.82) is 0 Å². The Labute approximate surface area is 126 Å². The number of hydrogen-bond acceptors (Lipinski definition) is 4. The maximum atomic E-state index is 10.7. The summed E-state index contributed by atoms with van der Waals surface area (Å²) in [5.74, 6) is 0.693. The summed E-state index contributed by atoms with van der Waals surface area (Å²) in [6.07, 6.45) is 7.15. The van der Waals surface area contributed by atoms with E-state index in [4.69, 9.17) is 0 Å². The quantitative estimate of drug-likeness (QED) is 0.664. The molecule has 0 aromatic rings. The van der Waals surface area contributed by atoms with E-state index in [2.05, 4.69) is 18.7 Å².